The topological polar surface area (TPSA) is 128 Å². The highest BCUT2D eigenvalue weighted by Crippen LogP contribution is 2.31. The molecule has 8 nitrogen and oxygen atoms in total. The molecule has 3 N–H and O–H groups in total. The van der Waals surface area contributed by atoms with Crippen molar-refractivity contribution in [3.8, 4) is 17.5 Å². The Bertz CT molecular complexity index is 902. The summed E-state index contributed by atoms with van der Waals surface area (Å²) in [5.74, 6) is -2.31. The van der Waals surface area contributed by atoms with Crippen molar-refractivity contribution >= 4 is 17.6 Å². The molecule has 0 bridgehead atoms. The summed E-state index contributed by atoms with van der Waals surface area (Å²) >= 11 is 0. The molecule has 136 valence electrons. The van der Waals surface area contributed by atoms with Crippen molar-refractivity contribution in [2.45, 2.75) is 6.43 Å². The number of esters is 1. The number of carboxylic acids is 1. The van der Waals surface area contributed by atoms with Crippen molar-refractivity contribution < 1.29 is 33.0 Å². The van der Waals surface area contributed by atoms with Crippen LogP contribution in [0.3, 0.4) is 0 Å². The maximum Gasteiger partial charge on any atom is 0.357 e. The number of nitrogen functional groups attached to an aromatic ring is 1. The first-order chi connectivity index (χ1) is 12.3. The lowest BCUT2D eigenvalue weighted by Crippen LogP contribution is -2.14. The number of hydrogen-bond acceptors (Lipinski definition) is 6. The minimum atomic E-state index is -2.77. The maximum atomic E-state index is 12.5. The summed E-state index contributed by atoms with van der Waals surface area (Å²) in [4.78, 5) is 23.3. The van der Waals surface area contributed by atoms with E-state index in [0.717, 1.165) is 30.0 Å². The number of hydrogen-bond donors (Lipinski definition) is 2. The van der Waals surface area contributed by atoms with Gasteiger partial charge < -0.3 is 24.9 Å². The van der Waals surface area contributed by atoms with E-state index in [2.05, 4.69) is 4.74 Å². The molecular weight excluding hydrogens is 352 g/mol. The van der Waals surface area contributed by atoms with Gasteiger partial charge in [-0.3, -0.25) is 0 Å². The summed E-state index contributed by atoms with van der Waals surface area (Å²) in [7, 11) is 1.09. The lowest BCUT2D eigenvalue weighted by molar-refractivity contribution is 0.0591. The van der Waals surface area contributed by atoms with Crippen LogP contribution in [0.25, 0.3) is 5.69 Å². The van der Waals surface area contributed by atoms with Gasteiger partial charge in [0, 0.05) is 6.20 Å². The summed E-state index contributed by atoms with van der Waals surface area (Å²) in [6.45, 7) is -0.950. The predicted molar refractivity (Wildman–Crippen MR) is 84.7 cm³/mol. The van der Waals surface area contributed by atoms with Gasteiger partial charge in [0.25, 0.3) is 6.43 Å². The number of halogens is 2. The Labute approximate surface area is 146 Å². The van der Waals surface area contributed by atoms with Crippen LogP contribution in [0.15, 0.2) is 24.4 Å². The zero-order valence-corrected chi connectivity index (χ0v) is 13.4. The third-order valence-corrected chi connectivity index (χ3v) is 3.37. The molecule has 0 atom stereocenters. The van der Waals surface area contributed by atoms with Crippen LogP contribution in [-0.2, 0) is 4.74 Å². The molecule has 1 heterocycles. The van der Waals surface area contributed by atoms with E-state index in [1.165, 1.54) is 6.07 Å². The standard InChI is InChI=1S/C16H13F2N3O5/c1-25-16(24)14-13(20)9(5-19)6-21(14)10-4-8(15(22)23)2-3-11(10)26-7-12(17)18/h2-4,6,12H,7,20H2,1H3,(H,22,23). The molecule has 0 spiro atoms. The summed E-state index contributed by atoms with van der Waals surface area (Å²) in [5.41, 5.74) is 5.00. The molecule has 10 heteroatoms. The van der Waals surface area contributed by atoms with Crippen LogP contribution < -0.4 is 10.5 Å². The molecular formula is C16H13F2N3O5. The number of aromatic carboxylic acids is 1. The van der Waals surface area contributed by atoms with Gasteiger partial charge in [0.1, 0.15) is 18.4 Å². The van der Waals surface area contributed by atoms with E-state index in [9.17, 15) is 18.4 Å². The Kier molecular flexibility index (Phi) is 5.42. The molecule has 1 aromatic carbocycles. The highest BCUT2D eigenvalue weighted by molar-refractivity contribution is 5.96. The van der Waals surface area contributed by atoms with Crippen molar-refractivity contribution in [2.75, 3.05) is 19.5 Å². The molecule has 0 saturated heterocycles. The van der Waals surface area contributed by atoms with Gasteiger partial charge in [-0.25, -0.2) is 18.4 Å². The Hall–Kier alpha value is -3.61. The van der Waals surface area contributed by atoms with E-state index in [1.54, 1.807) is 6.07 Å². The van der Waals surface area contributed by atoms with E-state index in [4.69, 9.17) is 20.8 Å². The number of carbonyl (C=O) groups excluding carboxylic acids is 1. The van der Waals surface area contributed by atoms with Crippen LogP contribution in [0.2, 0.25) is 0 Å². The number of methoxy groups -OCH3 is 1. The number of rotatable bonds is 6. The quantitative estimate of drug-likeness (QED) is 0.750. The van der Waals surface area contributed by atoms with Gasteiger partial charge in [0.15, 0.2) is 5.69 Å². The third-order valence-electron chi connectivity index (χ3n) is 3.37. The Morgan fingerprint density at radius 1 is 1.42 bits per heavy atom. The molecule has 1 aromatic heterocycles. The second-order valence-corrected chi connectivity index (χ2v) is 4.97. The predicted octanol–water partition coefficient (Wildman–Crippen LogP) is 2.06. The first-order valence-electron chi connectivity index (χ1n) is 7.08. The first kappa shape index (κ1) is 18.7. The molecule has 0 aliphatic carbocycles. The number of ether oxygens (including phenoxy) is 2. The molecule has 26 heavy (non-hydrogen) atoms. The number of aromatic nitrogens is 1. The van der Waals surface area contributed by atoms with E-state index >= 15 is 0 Å². The largest absolute Gasteiger partial charge is 0.485 e. The first-order valence-corrected chi connectivity index (χ1v) is 7.08. The number of carboxylic acid groups (broad SMARTS) is 1. The number of nitrogens with two attached hydrogens (primary N) is 1. The summed E-state index contributed by atoms with van der Waals surface area (Å²) in [5, 5.41) is 18.3. The van der Waals surface area contributed by atoms with Crippen molar-refractivity contribution in [3.05, 3.63) is 41.2 Å². The second-order valence-electron chi connectivity index (χ2n) is 4.97. The number of anilines is 1. The van der Waals surface area contributed by atoms with Gasteiger partial charge in [-0.2, -0.15) is 5.26 Å². The average molecular weight is 365 g/mol. The van der Waals surface area contributed by atoms with E-state index in [-0.39, 0.29) is 33.9 Å². The van der Waals surface area contributed by atoms with Crippen molar-refractivity contribution in [3.63, 3.8) is 0 Å². The van der Waals surface area contributed by atoms with Gasteiger partial charge in [-0.1, -0.05) is 0 Å². The minimum absolute atomic E-state index is 0.0563. The summed E-state index contributed by atoms with van der Waals surface area (Å²) in [6.07, 6.45) is -1.61. The second kappa shape index (κ2) is 7.52. The van der Waals surface area contributed by atoms with Crippen LogP contribution in [0, 0.1) is 11.3 Å². The number of carbonyl (C=O) groups is 2. The fourth-order valence-corrected chi connectivity index (χ4v) is 2.22. The van der Waals surface area contributed by atoms with Gasteiger partial charge in [0.2, 0.25) is 0 Å². The van der Waals surface area contributed by atoms with Crippen LogP contribution >= 0.6 is 0 Å². The number of nitriles is 1. The molecule has 2 rings (SSSR count). The van der Waals surface area contributed by atoms with Crippen molar-refractivity contribution in [1.82, 2.24) is 4.57 Å². The molecule has 0 aliphatic rings. The SMILES string of the molecule is COC(=O)c1c(N)c(C#N)cn1-c1cc(C(=O)O)ccc1OCC(F)F. The lowest BCUT2D eigenvalue weighted by atomic mass is 10.2. The lowest BCUT2D eigenvalue weighted by Gasteiger charge is -2.15. The molecule has 0 fully saturated rings. The van der Waals surface area contributed by atoms with Crippen LogP contribution in [-0.4, -0.2) is 41.8 Å². The van der Waals surface area contributed by atoms with E-state index in [1.807, 2.05) is 0 Å². The van der Waals surface area contributed by atoms with E-state index < -0.39 is 25.0 Å². The maximum absolute atomic E-state index is 12.5. The summed E-state index contributed by atoms with van der Waals surface area (Å²) < 4.78 is 35.7. The van der Waals surface area contributed by atoms with Crippen LogP contribution in [0.5, 0.6) is 5.75 Å². The van der Waals surface area contributed by atoms with Gasteiger partial charge >= 0.3 is 11.9 Å². The van der Waals surface area contributed by atoms with Crippen LogP contribution in [0.1, 0.15) is 26.4 Å². The minimum Gasteiger partial charge on any atom is -0.485 e. The van der Waals surface area contributed by atoms with Crippen molar-refractivity contribution in [1.29, 1.82) is 5.26 Å². The van der Waals surface area contributed by atoms with Gasteiger partial charge in [-0.05, 0) is 18.2 Å². The molecule has 0 amide bonds. The smallest absolute Gasteiger partial charge is 0.357 e. The molecule has 0 aliphatic heterocycles. The number of nitrogens with zero attached hydrogens (tertiary/aromatic N) is 2. The highest BCUT2D eigenvalue weighted by Gasteiger charge is 2.24. The van der Waals surface area contributed by atoms with Crippen molar-refractivity contribution in [2.24, 2.45) is 0 Å². The van der Waals surface area contributed by atoms with E-state index in [0.29, 0.717) is 0 Å². The highest BCUT2D eigenvalue weighted by atomic mass is 19.3. The van der Waals surface area contributed by atoms with Gasteiger partial charge in [0.05, 0.1) is 29.6 Å². The zero-order valence-electron chi connectivity index (χ0n) is 13.4. The fraction of sp³-hybridized carbons (Fsp3) is 0.188. The molecule has 0 saturated carbocycles. The Morgan fingerprint density at radius 2 is 2.12 bits per heavy atom. The summed E-state index contributed by atoms with van der Waals surface area (Å²) in [6, 6.07) is 5.21. The molecule has 2 aromatic rings. The monoisotopic (exact) mass is 365 g/mol. The third kappa shape index (κ3) is 3.56. The van der Waals surface area contributed by atoms with Gasteiger partial charge in [-0.15, -0.1) is 0 Å². The number of benzene rings is 1. The van der Waals surface area contributed by atoms with Crippen LogP contribution in [0.4, 0.5) is 14.5 Å². The number of alkyl halides is 2. The molecule has 0 radical (unpaired) electrons. The molecule has 0 unspecified atom stereocenters. The normalized spacial score (nSPS) is 10.4. The Balaban J connectivity index is 2.72. The average Bonchev–Trinajstić information content (AvgIpc) is 2.95. The fourth-order valence-electron chi connectivity index (χ4n) is 2.22. The Morgan fingerprint density at radius 3 is 2.65 bits per heavy atom. The zero-order chi connectivity index (χ0) is 19.4.